The summed E-state index contributed by atoms with van der Waals surface area (Å²) < 4.78 is 4.98. The molecule has 0 fully saturated rings. The van der Waals surface area contributed by atoms with Crippen LogP contribution in [0.2, 0.25) is 0 Å². The fourth-order valence-corrected chi connectivity index (χ4v) is 2.78. The first kappa shape index (κ1) is 18.7. The van der Waals surface area contributed by atoms with Crippen LogP contribution in [0.3, 0.4) is 0 Å². The molecule has 0 saturated heterocycles. The van der Waals surface area contributed by atoms with Crippen LogP contribution in [0.5, 0.6) is 0 Å². The number of carbonyl (C=O) groups is 2. The Hall–Kier alpha value is -3.13. The van der Waals surface area contributed by atoms with Crippen molar-refractivity contribution in [1.82, 2.24) is 15.2 Å². The number of amides is 1. The maximum atomic E-state index is 11.8. The molecule has 1 aromatic heterocycles. The van der Waals surface area contributed by atoms with Crippen LogP contribution in [-0.2, 0) is 14.3 Å². The Balaban J connectivity index is 1.41. The van der Waals surface area contributed by atoms with Gasteiger partial charge in [-0.15, -0.1) is 5.10 Å². The van der Waals surface area contributed by atoms with Gasteiger partial charge >= 0.3 is 5.97 Å². The molecule has 2 aromatic carbocycles. The molecule has 8 heteroatoms. The number of carbonyl (C=O) groups excluding carboxylic acids is 2. The van der Waals surface area contributed by atoms with E-state index in [0.717, 1.165) is 22.9 Å². The van der Waals surface area contributed by atoms with Gasteiger partial charge in [-0.2, -0.15) is 0 Å². The third kappa shape index (κ3) is 5.68. The lowest BCUT2D eigenvalue weighted by atomic mass is 10.2. The van der Waals surface area contributed by atoms with Gasteiger partial charge in [0.1, 0.15) is 0 Å². The zero-order valence-corrected chi connectivity index (χ0v) is 15.5. The number of hydrogen-bond acceptors (Lipinski definition) is 6. The first-order valence-electron chi connectivity index (χ1n) is 8.23. The Morgan fingerprint density at radius 2 is 1.85 bits per heavy atom. The third-order valence-corrected chi connectivity index (χ3v) is 4.35. The first-order valence-corrected chi connectivity index (χ1v) is 9.21. The molecule has 1 heterocycles. The zero-order chi connectivity index (χ0) is 19.1. The average molecular weight is 382 g/mol. The van der Waals surface area contributed by atoms with E-state index in [2.05, 4.69) is 20.5 Å². The molecule has 1 amide bonds. The maximum absolute atomic E-state index is 11.8. The van der Waals surface area contributed by atoms with Crippen LogP contribution in [0.1, 0.15) is 5.56 Å². The molecule has 0 aliphatic carbocycles. The predicted molar refractivity (Wildman–Crippen MR) is 103 cm³/mol. The summed E-state index contributed by atoms with van der Waals surface area (Å²) >= 11 is 1.14. The number of aromatic amines is 1. The highest BCUT2D eigenvalue weighted by Gasteiger charge is 2.11. The normalized spacial score (nSPS) is 10.4. The van der Waals surface area contributed by atoms with E-state index in [4.69, 9.17) is 4.74 Å². The number of nitrogens with zero attached hydrogens (tertiary/aromatic N) is 2. The summed E-state index contributed by atoms with van der Waals surface area (Å²) in [6, 6.07) is 16.9. The zero-order valence-electron chi connectivity index (χ0n) is 14.6. The van der Waals surface area contributed by atoms with Crippen LogP contribution in [0, 0.1) is 6.92 Å². The second-order valence-electron chi connectivity index (χ2n) is 5.70. The number of anilines is 1. The van der Waals surface area contributed by atoms with Crippen molar-refractivity contribution in [3.63, 3.8) is 0 Å². The fraction of sp³-hybridized carbons (Fsp3) is 0.158. The quantitative estimate of drug-likeness (QED) is 0.481. The topological polar surface area (TPSA) is 97.0 Å². The van der Waals surface area contributed by atoms with Gasteiger partial charge in [0, 0.05) is 11.3 Å². The molecule has 27 heavy (non-hydrogen) atoms. The lowest BCUT2D eigenvalue weighted by Crippen LogP contribution is -2.21. The molecular weight excluding hydrogens is 364 g/mol. The van der Waals surface area contributed by atoms with Crippen LogP contribution in [-0.4, -0.2) is 39.4 Å². The minimum Gasteiger partial charge on any atom is -0.455 e. The van der Waals surface area contributed by atoms with Crippen LogP contribution in [0.15, 0.2) is 59.8 Å². The fourth-order valence-electron chi connectivity index (χ4n) is 2.18. The molecule has 0 saturated carbocycles. The SMILES string of the molecule is Cc1ccc(NC(=O)COC(=O)CSc2n[nH]c(-c3ccccc3)n2)cc1. The summed E-state index contributed by atoms with van der Waals surface area (Å²) in [5.41, 5.74) is 2.66. The minimum atomic E-state index is -0.509. The van der Waals surface area contributed by atoms with Crippen molar-refractivity contribution in [1.29, 1.82) is 0 Å². The third-order valence-electron chi connectivity index (χ3n) is 3.53. The molecule has 138 valence electrons. The molecule has 2 N–H and O–H groups in total. The largest absolute Gasteiger partial charge is 0.455 e. The Bertz CT molecular complexity index is 910. The molecule has 7 nitrogen and oxygen atoms in total. The van der Waals surface area contributed by atoms with Gasteiger partial charge in [0.15, 0.2) is 12.4 Å². The number of rotatable bonds is 7. The second-order valence-corrected chi connectivity index (χ2v) is 6.64. The molecule has 0 bridgehead atoms. The van der Waals surface area contributed by atoms with Crippen molar-refractivity contribution in [3.8, 4) is 11.4 Å². The van der Waals surface area contributed by atoms with Gasteiger partial charge in [0.05, 0.1) is 5.75 Å². The molecule has 0 spiro atoms. The van der Waals surface area contributed by atoms with Crippen molar-refractivity contribution in [3.05, 3.63) is 60.2 Å². The molecule has 0 aliphatic heterocycles. The van der Waals surface area contributed by atoms with Crippen LogP contribution in [0.25, 0.3) is 11.4 Å². The smallest absolute Gasteiger partial charge is 0.316 e. The van der Waals surface area contributed by atoms with E-state index in [1.54, 1.807) is 12.1 Å². The summed E-state index contributed by atoms with van der Waals surface area (Å²) in [5, 5.41) is 10.00. The molecule has 3 rings (SSSR count). The Kier molecular flexibility index (Phi) is 6.22. The average Bonchev–Trinajstić information content (AvgIpc) is 3.16. The van der Waals surface area contributed by atoms with Gasteiger partial charge in [-0.05, 0) is 19.1 Å². The van der Waals surface area contributed by atoms with Gasteiger partial charge in [0.25, 0.3) is 5.91 Å². The number of esters is 1. The second kappa shape index (κ2) is 9.00. The van der Waals surface area contributed by atoms with E-state index >= 15 is 0 Å². The summed E-state index contributed by atoms with van der Waals surface area (Å²) in [4.78, 5) is 27.9. The van der Waals surface area contributed by atoms with E-state index in [-0.39, 0.29) is 18.3 Å². The van der Waals surface area contributed by atoms with E-state index in [1.165, 1.54) is 0 Å². The highest BCUT2D eigenvalue weighted by atomic mass is 32.2. The van der Waals surface area contributed by atoms with Crippen molar-refractivity contribution >= 4 is 29.3 Å². The Morgan fingerprint density at radius 3 is 2.59 bits per heavy atom. The van der Waals surface area contributed by atoms with Crippen molar-refractivity contribution < 1.29 is 14.3 Å². The highest BCUT2D eigenvalue weighted by Crippen LogP contribution is 2.18. The number of ether oxygens (including phenoxy) is 1. The number of nitrogens with one attached hydrogen (secondary N) is 2. The minimum absolute atomic E-state index is 0.0178. The van der Waals surface area contributed by atoms with Crippen molar-refractivity contribution in [2.45, 2.75) is 12.1 Å². The van der Waals surface area contributed by atoms with Gasteiger partial charge in [-0.25, -0.2) is 4.98 Å². The summed E-state index contributed by atoms with van der Waals surface area (Å²) in [5.74, 6) is -0.250. The highest BCUT2D eigenvalue weighted by molar-refractivity contribution is 7.99. The van der Waals surface area contributed by atoms with Gasteiger partial charge in [0.2, 0.25) is 5.16 Å². The molecular formula is C19H18N4O3S. The number of aryl methyl sites for hydroxylation is 1. The summed E-state index contributed by atoms with van der Waals surface area (Å²) in [6.07, 6.45) is 0. The van der Waals surface area contributed by atoms with Crippen molar-refractivity contribution in [2.24, 2.45) is 0 Å². The van der Waals surface area contributed by atoms with Gasteiger partial charge < -0.3 is 10.1 Å². The van der Waals surface area contributed by atoms with Crippen molar-refractivity contribution in [2.75, 3.05) is 17.7 Å². The van der Waals surface area contributed by atoms with E-state index < -0.39 is 5.97 Å². The maximum Gasteiger partial charge on any atom is 0.316 e. The van der Waals surface area contributed by atoms with Crippen LogP contribution >= 0.6 is 11.8 Å². The van der Waals surface area contributed by atoms with E-state index in [0.29, 0.717) is 16.7 Å². The lowest BCUT2D eigenvalue weighted by molar-refractivity contribution is -0.144. The molecule has 0 atom stereocenters. The Labute approximate surface area is 160 Å². The number of H-pyrrole nitrogens is 1. The molecule has 0 unspecified atom stereocenters. The molecule has 3 aromatic rings. The lowest BCUT2D eigenvalue weighted by Gasteiger charge is -2.06. The monoisotopic (exact) mass is 382 g/mol. The van der Waals surface area contributed by atoms with E-state index in [1.807, 2.05) is 49.4 Å². The van der Waals surface area contributed by atoms with Crippen LogP contribution in [0.4, 0.5) is 5.69 Å². The van der Waals surface area contributed by atoms with Gasteiger partial charge in [-0.3, -0.25) is 14.7 Å². The number of thioether (sulfide) groups is 1. The summed E-state index contributed by atoms with van der Waals surface area (Å²) in [7, 11) is 0. The number of benzene rings is 2. The summed E-state index contributed by atoms with van der Waals surface area (Å²) in [6.45, 7) is 1.62. The van der Waals surface area contributed by atoms with Crippen LogP contribution < -0.4 is 5.32 Å². The standard InChI is InChI=1S/C19H18N4O3S/c1-13-7-9-15(10-8-13)20-16(24)11-26-17(25)12-27-19-21-18(22-23-19)14-5-3-2-4-6-14/h2-10H,11-12H2,1H3,(H,20,24)(H,21,22,23). The molecule has 0 aliphatic rings. The molecule has 0 radical (unpaired) electrons. The van der Waals surface area contributed by atoms with Gasteiger partial charge in [-0.1, -0.05) is 59.8 Å². The van der Waals surface area contributed by atoms with E-state index in [9.17, 15) is 9.59 Å². The predicted octanol–water partition coefficient (Wildman–Crippen LogP) is 3.05. The first-order chi connectivity index (χ1) is 13.1. The number of aromatic nitrogens is 3. The number of hydrogen-bond donors (Lipinski definition) is 2. The Morgan fingerprint density at radius 1 is 1.11 bits per heavy atom.